The van der Waals surface area contributed by atoms with E-state index in [2.05, 4.69) is 0 Å². The van der Waals surface area contributed by atoms with Crippen LogP contribution in [0.15, 0.2) is 47.5 Å². The molecule has 6 heteroatoms. The van der Waals surface area contributed by atoms with Gasteiger partial charge in [0.2, 0.25) is 0 Å². The second kappa shape index (κ2) is 8.27. The molecule has 1 amide bonds. The van der Waals surface area contributed by atoms with Gasteiger partial charge in [0.05, 0.1) is 19.9 Å². The zero-order chi connectivity index (χ0) is 18.5. The molecule has 0 N–H and O–H groups in total. The summed E-state index contributed by atoms with van der Waals surface area (Å²) in [6.45, 7) is 2.67. The molecule has 0 bridgehead atoms. The summed E-state index contributed by atoms with van der Waals surface area (Å²) in [6, 6.07) is 13.1. The van der Waals surface area contributed by atoms with Crippen LogP contribution in [0.25, 0.3) is 0 Å². The summed E-state index contributed by atoms with van der Waals surface area (Å²) in [6.07, 6.45) is 0.935. The fraction of sp³-hybridized carbons (Fsp3) is 0.300. The lowest BCUT2D eigenvalue weighted by molar-refractivity contribution is 0.0848. The number of amidine groups is 1. The van der Waals surface area contributed by atoms with Crippen LogP contribution < -0.4 is 9.47 Å². The summed E-state index contributed by atoms with van der Waals surface area (Å²) in [4.78, 5) is 19.6. The summed E-state index contributed by atoms with van der Waals surface area (Å²) in [5, 5.41) is 0.734. The van der Waals surface area contributed by atoms with Crippen LogP contribution in [0.2, 0.25) is 0 Å². The highest BCUT2D eigenvalue weighted by Crippen LogP contribution is 2.28. The minimum atomic E-state index is -0.0956. The van der Waals surface area contributed by atoms with E-state index < -0.39 is 0 Å². The van der Waals surface area contributed by atoms with Crippen LogP contribution in [0.3, 0.4) is 0 Å². The van der Waals surface area contributed by atoms with Gasteiger partial charge in [-0.2, -0.15) is 0 Å². The Morgan fingerprint density at radius 2 is 1.81 bits per heavy atom. The summed E-state index contributed by atoms with van der Waals surface area (Å²) in [5.74, 6) is 2.04. The van der Waals surface area contributed by atoms with Gasteiger partial charge in [-0.1, -0.05) is 30.0 Å². The van der Waals surface area contributed by atoms with Gasteiger partial charge >= 0.3 is 0 Å². The van der Waals surface area contributed by atoms with Gasteiger partial charge in [0.1, 0.15) is 11.5 Å². The number of benzene rings is 2. The minimum absolute atomic E-state index is 0.0956. The van der Waals surface area contributed by atoms with Gasteiger partial charge in [0.25, 0.3) is 5.91 Å². The molecule has 1 aliphatic rings. The molecule has 0 unspecified atom stereocenters. The third-order valence-corrected chi connectivity index (χ3v) is 5.23. The van der Waals surface area contributed by atoms with Gasteiger partial charge in [-0.3, -0.25) is 9.69 Å². The van der Waals surface area contributed by atoms with E-state index in [0.717, 1.165) is 28.6 Å². The van der Waals surface area contributed by atoms with E-state index >= 15 is 0 Å². The molecule has 1 heterocycles. The molecule has 1 fully saturated rings. The number of ether oxygens (including phenoxy) is 2. The van der Waals surface area contributed by atoms with E-state index in [1.807, 2.05) is 31.2 Å². The molecular weight excluding hydrogens is 348 g/mol. The first-order chi connectivity index (χ1) is 12.6. The Morgan fingerprint density at radius 1 is 1.12 bits per heavy atom. The Bertz CT molecular complexity index is 813. The second-order valence-electron chi connectivity index (χ2n) is 5.94. The molecule has 2 aromatic rings. The number of aryl methyl sites for hydroxylation is 1. The molecule has 5 nitrogen and oxygen atoms in total. The lowest BCUT2D eigenvalue weighted by Gasteiger charge is -2.28. The number of nitrogens with zero attached hydrogens (tertiary/aromatic N) is 2. The smallest absolute Gasteiger partial charge is 0.260 e. The van der Waals surface area contributed by atoms with E-state index in [0.29, 0.717) is 23.6 Å². The van der Waals surface area contributed by atoms with Crippen molar-refractivity contribution in [1.29, 1.82) is 0 Å². The highest BCUT2D eigenvalue weighted by atomic mass is 32.2. The minimum Gasteiger partial charge on any atom is -0.497 e. The van der Waals surface area contributed by atoms with Crippen LogP contribution in [0.5, 0.6) is 11.5 Å². The Morgan fingerprint density at radius 3 is 2.46 bits per heavy atom. The highest BCUT2D eigenvalue weighted by Gasteiger charge is 2.26. The molecule has 1 saturated heterocycles. The van der Waals surface area contributed by atoms with Crippen LogP contribution in [-0.2, 0) is 0 Å². The fourth-order valence-electron chi connectivity index (χ4n) is 2.72. The number of para-hydroxylation sites is 1. The van der Waals surface area contributed by atoms with E-state index in [1.54, 1.807) is 49.1 Å². The number of rotatable bonds is 4. The number of thioether (sulfide) groups is 1. The van der Waals surface area contributed by atoms with Crippen molar-refractivity contribution in [2.75, 3.05) is 26.5 Å². The molecule has 0 aromatic heterocycles. The number of carbonyl (C=O) groups is 1. The number of hydrogen-bond acceptors (Lipinski definition) is 5. The van der Waals surface area contributed by atoms with Crippen LogP contribution in [0.1, 0.15) is 22.3 Å². The Kier molecular flexibility index (Phi) is 5.83. The topological polar surface area (TPSA) is 51.1 Å². The number of methoxy groups -OCH3 is 2. The molecule has 0 spiro atoms. The summed E-state index contributed by atoms with van der Waals surface area (Å²) in [7, 11) is 3.15. The third-order valence-electron chi connectivity index (χ3n) is 4.16. The zero-order valence-electron chi connectivity index (χ0n) is 15.2. The normalized spacial score (nSPS) is 15.8. The molecule has 0 aliphatic carbocycles. The van der Waals surface area contributed by atoms with E-state index in [-0.39, 0.29) is 5.91 Å². The summed E-state index contributed by atoms with van der Waals surface area (Å²) >= 11 is 1.61. The summed E-state index contributed by atoms with van der Waals surface area (Å²) in [5.41, 5.74) is 2.50. The molecule has 0 atom stereocenters. The van der Waals surface area contributed by atoms with Gasteiger partial charge in [0, 0.05) is 23.9 Å². The van der Waals surface area contributed by atoms with Crippen molar-refractivity contribution in [1.82, 2.24) is 4.90 Å². The number of carbonyl (C=O) groups excluding carboxylic acids is 1. The van der Waals surface area contributed by atoms with Crippen molar-refractivity contribution in [3.8, 4) is 11.5 Å². The largest absolute Gasteiger partial charge is 0.497 e. The predicted octanol–water partition coefficient (Wildman–Crippen LogP) is 4.28. The van der Waals surface area contributed by atoms with E-state index in [4.69, 9.17) is 14.5 Å². The maximum atomic E-state index is 13.1. The standard InChI is InChI=1S/C20H22N2O3S/c1-14-7-4-5-8-18(14)21-20-22(9-6-10-26-20)19(23)15-11-16(24-2)13-17(12-15)25-3/h4-5,7-8,11-13H,6,9-10H2,1-3H3. The lowest BCUT2D eigenvalue weighted by atomic mass is 10.1. The fourth-order valence-corrected chi connectivity index (χ4v) is 3.67. The first-order valence-electron chi connectivity index (χ1n) is 8.44. The number of amides is 1. The van der Waals surface area contributed by atoms with Gasteiger partial charge in [-0.25, -0.2) is 4.99 Å². The highest BCUT2D eigenvalue weighted by molar-refractivity contribution is 8.13. The molecular formula is C20H22N2O3S. The average Bonchev–Trinajstić information content (AvgIpc) is 2.69. The average molecular weight is 370 g/mol. The van der Waals surface area contributed by atoms with Gasteiger partial charge in [-0.15, -0.1) is 0 Å². The van der Waals surface area contributed by atoms with Crippen molar-refractivity contribution in [2.24, 2.45) is 4.99 Å². The summed E-state index contributed by atoms with van der Waals surface area (Å²) < 4.78 is 10.6. The van der Waals surface area contributed by atoms with E-state index in [1.165, 1.54) is 0 Å². The van der Waals surface area contributed by atoms with Gasteiger partial charge in [0.15, 0.2) is 5.17 Å². The Labute approximate surface area is 158 Å². The van der Waals surface area contributed by atoms with Crippen molar-refractivity contribution >= 4 is 28.5 Å². The molecule has 2 aromatic carbocycles. The quantitative estimate of drug-likeness (QED) is 0.806. The van der Waals surface area contributed by atoms with Crippen LogP contribution in [-0.4, -0.2) is 42.5 Å². The lowest BCUT2D eigenvalue weighted by Crippen LogP contribution is -2.39. The maximum absolute atomic E-state index is 13.1. The monoisotopic (exact) mass is 370 g/mol. The second-order valence-corrected chi connectivity index (χ2v) is 7.00. The molecule has 0 radical (unpaired) electrons. The SMILES string of the molecule is COc1cc(OC)cc(C(=O)N2CCCSC2=Nc2ccccc2C)c1. The molecule has 1 aliphatic heterocycles. The Balaban J connectivity index is 1.95. The van der Waals surface area contributed by atoms with Gasteiger partial charge in [-0.05, 0) is 37.1 Å². The van der Waals surface area contributed by atoms with Crippen molar-refractivity contribution in [3.05, 3.63) is 53.6 Å². The van der Waals surface area contributed by atoms with Crippen LogP contribution >= 0.6 is 11.8 Å². The van der Waals surface area contributed by atoms with Crippen molar-refractivity contribution < 1.29 is 14.3 Å². The third kappa shape index (κ3) is 4.02. The number of hydrogen-bond donors (Lipinski definition) is 0. The maximum Gasteiger partial charge on any atom is 0.260 e. The first kappa shape index (κ1) is 18.3. The van der Waals surface area contributed by atoms with Crippen molar-refractivity contribution in [3.63, 3.8) is 0 Å². The molecule has 0 saturated carbocycles. The molecule has 3 rings (SSSR count). The predicted molar refractivity (Wildman–Crippen MR) is 106 cm³/mol. The molecule has 136 valence electrons. The van der Waals surface area contributed by atoms with Crippen molar-refractivity contribution in [2.45, 2.75) is 13.3 Å². The molecule has 26 heavy (non-hydrogen) atoms. The van der Waals surface area contributed by atoms with E-state index in [9.17, 15) is 4.79 Å². The first-order valence-corrected chi connectivity index (χ1v) is 9.43. The van der Waals surface area contributed by atoms with Gasteiger partial charge < -0.3 is 9.47 Å². The number of aliphatic imine (C=N–C) groups is 1. The Hall–Kier alpha value is -2.47. The van der Waals surface area contributed by atoms with Crippen LogP contribution in [0.4, 0.5) is 5.69 Å². The van der Waals surface area contributed by atoms with Crippen LogP contribution in [0, 0.1) is 6.92 Å². The zero-order valence-corrected chi connectivity index (χ0v) is 16.0.